The summed E-state index contributed by atoms with van der Waals surface area (Å²) in [5, 5.41) is 0. The van der Waals surface area contributed by atoms with Crippen LogP contribution in [0.15, 0.2) is 18.2 Å². The van der Waals surface area contributed by atoms with E-state index in [2.05, 4.69) is 18.2 Å². The van der Waals surface area contributed by atoms with Crippen LogP contribution in [-0.4, -0.2) is 28.4 Å². The van der Waals surface area contributed by atoms with Crippen molar-refractivity contribution in [2.45, 2.75) is 33.4 Å². The molecule has 0 saturated heterocycles. The van der Waals surface area contributed by atoms with Crippen molar-refractivity contribution >= 4 is 27.9 Å². The third-order valence-electron chi connectivity index (χ3n) is 4.80. The molecule has 7 heteroatoms. The Labute approximate surface area is 149 Å². The number of carbonyl (C=O) groups is 1. The highest BCUT2D eigenvalue weighted by atomic mass is 32.1. The Bertz CT molecular complexity index is 1000. The number of nitrogens with zero attached hydrogens (tertiary/aromatic N) is 3. The van der Waals surface area contributed by atoms with Crippen LogP contribution in [0.5, 0.6) is 5.75 Å². The summed E-state index contributed by atoms with van der Waals surface area (Å²) in [6.07, 6.45) is -0.466. The summed E-state index contributed by atoms with van der Waals surface area (Å²) in [5.41, 5.74) is 10.7. The van der Waals surface area contributed by atoms with E-state index in [0.29, 0.717) is 12.3 Å². The Morgan fingerprint density at radius 2 is 2.12 bits per heavy atom. The fourth-order valence-electron chi connectivity index (χ4n) is 3.29. The minimum Gasteiger partial charge on any atom is -0.479 e. The molecular formula is C18H20N4O2S. The summed E-state index contributed by atoms with van der Waals surface area (Å²) in [6.45, 7) is 6.33. The molecule has 0 bridgehead atoms. The molecular weight excluding hydrogens is 336 g/mol. The SMILES string of the molecule is Cc1sc2nc(-c3ccc4c(c3)N(C)C(=O)C(C)O4)c(CN)n2c1C. The molecule has 2 aromatic heterocycles. The molecule has 1 atom stereocenters. The highest BCUT2D eigenvalue weighted by molar-refractivity contribution is 7.17. The zero-order valence-electron chi connectivity index (χ0n) is 14.7. The lowest BCUT2D eigenvalue weighted by molar-refractivity contribution is -0.125. The molecule has 1 aromatic carbocycles. The van der Waals surface area contributed by atoms with Crippen LogP contribution >= 0.6 is 11.3 Å². The van der Waals surface area contributed by atoms with Crippen molar-refractivity contribution in [1.29, 1.82) is 0 Å². The van der Waals surface area contributed by atoms with E-state index < -0.39 is 6.10 Å². The maximum atomic E-state index is 12.2. The second-order valence-corrected chi connectivity index (χ2v) is 7.49. The number of amides is 1. The van der Waals surface area contributed by atoms with E-state index in [1.807, 2.05) is 18.2 Å². The fraction of sp³-hybridized carbons (Fsp3) is 0.333. The van der Waals surface area contributed by atoms with Gasteiger partial charge >= 0.3 is 0 Å². The molecule has 0 radical (unpaired) electrons. The van der Waals surface area contributed by atoms with Crippen molar-refractivity contribution in [2.24, 2.45) is 5.73 Å². The number of hydrogen-bond donors (Lipinski definition) is 1. The van der Waals surface area contributed by atoms with Gasteiger partial charge in [-0.25, -0.2) is 4.98 Å². The van der Waals surface area contributed by atoms with Gasteiger partial charge in [-0.1, -0.05) is 0 Å². The molecule has 3 aromatic rings. The molecule has 0 spiro atoms. The number of ether oxygens (including phenoxy) is 1. The number of thiazole rings is 1. The Morgan fingerprint density at radius 3 is 2.84 bits per heavy atom. The topological polar surface area (TPSA) is 72.9 Å². The van der Waals surface area contributed by atoms with Crippen molar-refractivity contribution < 1.29 is 9.53 Å². The number of likely N-dealkylation sites (N-methyl/N-ethyl adjacent to an activating group) is 1. The molecule has 0 fully saturated rings. The second-order valence-electron chi connectivity index (χ2n) is 6.31. The maximum Gasteiger partial charge on any atom is 0.267 e. The lowest BCUT2D eigenvalue weighted by atomic mass is 10.1. The molecule has 0 aliphatic carbocycles. The monoisotopic (exact) mass is 356 g/mol. The zero-order chi connectivity index (χ0) is 17.9. The summed E-state index contributed by atoms with van der Waals surface area (Å²) < 4.78 is 7.83. The van der Waals surface area contributed by atoms with E-state index in [4.69, 9.17) is 15.5 Å². The predicted octanol–water partition coefficient (Wildman–Crippen LogP) is 2.88. The average Bonchev–Trinajstić information content (AvgIpc) is 3.09. The van der Waals surface area contributed by atoms with Gasteiger partial charge in [-0.3, -0.25) is 9.20 Å². The van der Waals surface area contributed by atoms with Gasteiger partial charge in [-0.15, -0.1) is 11.3 Å². The molecule has 0 saturated carbocycles. The van der Waals surface area contributed by atoms with Gasteiger partial charge in [0.15, 0.2) is 11.1 Å². The summed E-state index contributed by atoms with van der Waals surface area (Å²) in [5.74, 6) is 0.654. The number of carbonyl (C=O) groups excluding carboxylic acids is 1. The Balaban J connectivity index is 1.89. The number of benzene rings is 1. The van der Waals surface area contributed by atoms with Crippen LogP contribution in [0.25, 0.3) is 16.2 Å². The molecule has 4 rings (SSSR count). The van der Waals surface area contributed by atoms with Crippen molar-refractivity contribution in [3.8, 4) is 17.0 Å². The van der Waals surface area contributed by atoms with E-state index in [0.717, 1.165) is 27.6 Å². The Morgan fingerprint density at radius 1 is 1.36 bits per heavy atom. The van der Waals surface area contributed by atoms with Crippen LogP contribution in [0.1, 0.15) is 23.2 Å². The summed E-state index contributed by atoms with van der Waals surface area (Å²) >= 11 is 1.66. The first kappa shape index (κ1) is 16.1. The standard InChI is InChI=1S/C18H20N4O2S/c1-9-11(3)25-18-20-16(14(8-19)22(9)18)12-5-6-15-13(7-12)21(4)17(23)10(2)24-15/h5-7,10H,8,19H2,1-4H3. The molecule has 130 valence electrons. The third kappa shape index (κ3) is 2.26. The lowest BCUT2D eigenvalue weighted by Gasteiger charge is -2.30. The molecule has 1 unspecified atom stereocenters. The average molecular weight is 356 g/mol. The first-order valence-corrected chi connectivity index (χ1v) is 9.00. The van der Waals surface area contributed by atoms with Gasteiger partial charge in [-0.2, -0.15) is 0 Å². The Kier molecular flexibility index (Phi) is 3.59. The van der Waals surface area contributed by atoms with E-state index in [-0.39, 0.29) is 5.91 Å². The van der Waals surface area contributed by atoms with Gasteiger partial charge in [0.1, 0.15) is 5.75 Å². The van der Waals surface area contributed by atoms with E-state index in [9.17, 15) is 4.79 Å². The van der Waals surface area contributed by atoms with Crippen LogP contribution in [0.3, 0.4) is 0 Å². The van der Waals surface area contributed by atoms with Crippen LogP contribution in [0.4, 0.5) is 5.69 Å². The van der Waals surface area contributed by atoms with Gasteiger partial charge in [0.2, 0.25) is 0 Å². The molecule has 25 heavy (non-hydrogen) atoms. The predicted molar refractivity (Wildman–Crippen MR) is 99.4 cm³/mol. The molecule has 6 nitrogen and oxygen atoms in total. The maximum absolute atomic E-state index is 12.2. The number of rotatable bonds is 2. The number of aromatic nitrogens is 2. The molecule has 2 N–H and O–H groups in total. The highest BCUT2D eigenvalue weighted by Crippen LogP contribution is 2.38. The largest absolute Gasteiger partial charge is 0.479 e. The minimum atomic E-state index is -0.466. The van der Waals surface area contributed by atoms with Crippen LogP contribution in [0, 0.1) is 13.8 Å². The third-order valence-corrected chi connectivity index (χ3v) is 5.86. The van der Waals surface area contributed by atoms with E-state index in [1.54, 1.807) is 30.2 Å². The van der Waals surface area contributed by atoms with Crippen molar-refractivity contribution in [1.82, 2.24) is 9.38 Å². The molecule has 1 amide bonds. The van der Waals surface area contributed by atoms with Crippen molar-refractivity contribution in [2.75, 3.05) is 11.9 Å². The molecule has 3 heterocycles. The van der Waals surface area contributed by atoms with Crippen LogP contribution in [-0.2, 0) is 11.3 Å². The highest BCUT2D eigenvalue weighted by Gasteiger charge is 2.29. The number of anilines is 1. The lowest BCUT2D eigenvalue weighted by Crippen LogP contribution is -2.41. The van der Waals surface area contributed by atoms with Gasteiger partial charge in [0.05, 0.1) is 17.1 Å². The van der Waals surface area contributed by atoms with Crippen LogP contribution < -0.4 is 15.4 Å². The number of imidazole rings is 1. The summed E-state index contributed by atoms with van der Waals surface area (Å²) in [4.78, 5) is 20.8. The second kappa shape index (κ2) is 5.57. The summed E-state index contributed by atoms with van der Waals surface area (Å²) in [7, 11) is 1.77. The number of hydrogen-bond acceptors (Lipinski definition) is 5. The zero-order valence-corrected chi connectivity index (χ0v) is 15.5. The number of fused-ring (bicyclic) bond motifs is 2. The quantitative estimate of drug-likeness (QED) is 0.766. The number of nitrogens with two attached hydrogens (primary N) is 1. The van der Waals surface area contributed by atoms with Crippen molar-refractivity contribution in [3.63, 3.8) is 0 Å². The first-order chi connectivity index (χ1) is 11.9. The van der Waals surface area contributed by atoms with Gasteiger partial charge in [0, 0.05) is 29.7 Å². The van der Waals surface area contributed by atoms with Crippen LogP contribution in [0.2, 0.25) is 0 Å². The van der Waals surface area contributed by atoms with Gasteiger partial charge in [0.25, 0.3) is 5.91 Å². The number of aryl methyl sites for hydroxylation is 2. The normalized spacial score (nSPS) is 17.1. The van der Waals surface area contributed by atoms with E-state index in [1.165, 1.54) is 10.6 Å². The first-order valence-electron chi connectivity index (χ1n) is 8.18. The fourth-order valence-corrected chi connectivity index (χ4v) is 4.28. The van der Waals surface area contributed by atoms with Gasteiger partial charge < -0.3 is 15.4 Å². The molecule has 1 aliphatic heterocycles. The van der Waals surface area contributed by atoms with E-state index >= 15 is 0 Å². The summed E-state index contributed by atoms with van der Waals surface area (Å²) in [6, 6.07) is 5.83. The van der Waals surface area contributed by atoms with Gasteiger partial charge in [-0.05, 0) is 39.0 Å². The Hall–Kier alpha value is -2.38. The smallest absolute Gasteiger partial charge is 0.267 e. The molecule has 1 aliphatic rings. The minimum absolute atomic E-state index is 0.0546. The van der Waals surface area contributed by atoms with Crippen molar-refractivity contribution in [3.05, 3.63) is 34.5 Å².